The summed E-state index contributed by atoms with van der Waals surface area (Å²) in [5, 5.41) is 11.1. The minimum absolute atomic E-state index is 0.0464. The van der Waals surface area contributed by atoms with Gasteiger partial charge in [-0.25, -0.2) is 0 Å². The Balaban J connectivity index is 2.18. The second-order valence-corrected chi connectivity index (χ2v) is 4.88. The summed E-state index contributed by atoms with van der Waals surface area (Å²) < 4.78 is 5.22. The fraction of sp³-hybridized carbons (Fsp3) is 0.0714. The third kappa shape index (κ3) is 3.71. The number of carbonyl (C=O) groups excluding carboxylic acids is 1. The van der Waals surface area contributed by atoms with Gasteiger partial charge in [-0.15, -0.1) is 0 Å². The van der Waals surface area contributed by atoms with Crippen molar-refractivity contribution in [3.8, 4) is 5.75 Å². The van der Waals surface area contributed by atoms with Crippen LogP contribution in [0.3, 0.4) is 0 Å². The van der Waals surface area contributed by atoms with E-state index in [0.717, 1.165) is 6.07 Å². The zero-order chi connectivity index (χ0) is 15.4. The molecule has 0 heterocycles. The van der Waals surface area contributed by atoms with E-state index < -0.39 is 4.92 Å². The lowest BCUT2D eigenvalue weighted by Gasteiger charge is -2.07. The Morgan fingerprint density at radius 1 is 1.14 bits per heavy atom. The molecule has 0 unspecified atom stereocenters. The average Bonchev–Trinajstić information content (AvgIpc) is 2.48. The minimum atomic E-state index is -0.648. The number of ether oxygens (including phenoxy) is 1. The number of hydrogen-bond acceptors (Lipinski definition) is 4. The van der Waals surface area contributed by atoms with Gasteiger partial charge in [-0.3, -0.25) is 14.9 Å². The Labute approximate surface area is 130 Å². The average molecular weight is 326 g/mol. The van der Waals surface area contributed by atoms with Crippen LogP contribution in [0.15, 0.2) is 42.5 Å². The lowest BCUT2D eigenvalue weighted by molar-refractivity contribution is -0.385. The van der Waals surface area contributed by atoms with Gasteiger partial charge in [0, 0.05) is 17.7 Å². The molecule has 0 aliphatic heterocycles. The van der Waals surface area contributed by atoms with E-state index in [1.54, 1.807) is 30.3 Å². The zero-order valence-electron chi connectivity index (χ0n) is 10.6. The highest BCUT2D eigenvalue weighted by Gasteiger charge is 2.19. The number of hydrogen-bond donors (Lipinski definition) is 0. The first-order valence-electron chi connectivity index (χ1n) is 5.83. The molecule has 0 aliphatic carbocycles. The summed E-state index contributed by atoms with van der Waals surface area (Å²) in [6, 6.07) is 10.8. The van der Waals surface area contributed by atoms with Crippen molar-refractivity contribution in [1.29, 1.82) is 0 Å². The molecule has 0 saturated heterocycles. The Bertz CT molecular complexity index is 689. The van der Waals surface area contributed by atoms with Crippen LogP contribution in [0.5, 0.6) is 5.75 Å². The van der Waals surface area contributed by atoms with Crippen molar-refractivity contribution in [2.75, 3.05) is 6.61 Å². The molecule has 0 aromatic heterocycles. The Morgan fingerprint density at radius 3 is 2.38 bits per heavy atom. The first kappa shape index (κ1) is 15.3. The molecule has 0 N–H and O–H groups in total. The van der Waals surface area contributed by atoms with Crippen LogP contribution in [0, 0.1) is 10.1 Å². The standard InChI is InChI=1S/C14H9Cl2NO4/c15-10-6-12(17(19)20)14(7-11(10)16)21-8-13(18)9-4-2-1-3-5-9/h1-7H,8H2. The Hall–Kier alpha value is -2.11. The molecule has 108 valence electrons. The molecule has 2 aromatic rings. The molecule has 7 heteroatoms. The van der Waals surface area contributed by atoms with Crippen LogP contribution in [-0.4, -0.2) is 17.3 Å². The lowest BCUT2D eigenvalue weighted by Crippen LogP contribution is -2.12. The molecule has 0 aliphatic rings. The van der Waals surface area contributed by atoms with Gasteiger partial charge in [-0.2, -0.15) is 0 Å². The molecule has 0 spiro atoms. The molecule has 0 atom stereocenters. The largest absolute Gasteiger partial charge is 0.478 e. The van der Waals surface area contributed by atoms with Gasteiger partial charge in [0.2, 0.25) is 0 Å². The van der Waals surface area contributed by atoms with Crippen LogP contribution in [0.2, 0.25) is 10.0 Å². The number of carbonyl (C=O) groups is 1. The van der Waals surface area contributed by atoms with E-state index in [9.17, 15) is 14.9 Å². The van der Waals surface area contributed by atoms with Gasteiger partial charge < -0.3 is 4.74 Å². The van der Waals surface area contributed by atoms with Gasteiger partial charge in [0.25, 0.3) is 0 Å². The normalized spacial score (nSPS) is 10.2. The van der Waals surface area contributed by atoms with Gasteiger partial charge in [0.15, 0.2) is 18.1 Å². The van der Waals surface area contributed by atoms with E-state index in [1.165, 1.54) is 6.07 Å². The van der Waals surface area contributed by atoms with Crippen molar-refractivity contribution < 1.29 is 14.5 Å². The van der Waals surface area contributed by atoms with Gasteiger partial charge >= 0.3 is 5.69 Å². The van der Waals surface area contributed by atoms with E-state index in [1.807, 2.05) is 0 Å². The maximum atomic E-state index is 11.9. The molecular formula is C14H9Cl2NO4. The Morgan fingerprint density at radius 2 is 1.76 bits per heavy atom. The summed E-state index contributed by atoms with van der Waals surface area (Å²) in [5.74, 6) is -0.394. The van der Waals surface area contributed by atoms with Crippen molar-refractivity contribution >= 4 is 34.7 Å². The maximum absolute atomic E-state index is 11.9. The summed E-state index contributed by atoms with van der Waals surface area (Å²) >= 11 is 11.5. The molecule has 0 fully saturated rings. The summed E-state index contributed by atoms with van der Waals surface area (Å²) in [4.78, 5) is 22.2. The first-order valence-corrected chi connectivity index (χ1v) is 6.59. The quantitative estimate of drug-likeness (QED) is 0.470. The topological polar surface area (TPSA) is 69.4 Å². The molecule has 21 heavy (non-hydrogen) atoms. The summed E-state index contributed by atoms with van der Waals surface area (Å²) in [6.45, 7) is -0.331. The Kier molecular flexibility index (Phi) is 4.77. The molecule has 2 aromatic carbocycles. The molecule has 2 rings (SSSR count). The van der Waals surface area contributed by atoms with Crippen LogP contribution in [0.25, 0.3) is 0 Å². The molecule has 0 radical (unpaired) electrons. The maximum Gasteiger partial charge on any atom is 0.312 e. The first-order chi connectivity index (χ1) is 9.99. The smallest absolute Gasteiger partial charge is 0.312 e. The highest BCUT2D eigenvalue weighted by atomic mass is 35.5. The van der Waals surface area contributed by atoms with Gasteiger partial charge in [-0.05, 0) is 0 Å². The van der Waals surface area contributed by atoms with E-state index in [-0.39, 0.29) is 33.9 Å². The molecule has 0 bridgehead atoms. The summed E-state index contributed by atoms with van der Waals surface area (Å²) in [7, 11) is 0. The summed E-state index contributed by atoms with van der Waals surface area (Å²) in [5.41, 5.74) is 0.116. The molecular weight excluding hydrogens is 317 g/mol. The molecule has 0 amide bonds. The second-order valence-electron chi connectivity index (χ2n) is 4.07. The van der Waals surface area contributed by atoms with Crippen LogP contribution in [0.4, 0.5) is 5.69 Å². The number of nitro groups is 1. The predicted molar refractivity (Wildman–Crippen MR) is 79.4 cm³/mol. The van der Waals surface area contributed by atoms with Crippen molar-refractivity contribution in [3.63, 3.8) is 0 Å². The van der Waals surface area contributed by atoms with Crippen LogP contribution in [0.1, 0.15) is 10.4 Å². The van der Waals surface area contributed by atoms with Crippen molar-refractivity contribution in [1.82, 2.24) is 0 Å². The fourth-order valence-corrected chi connectivity index (χ4v) is 1.94. The number of nitrogens with zero attached hydrogens (tertiary/aromatic N) is 1. The van der Waals surface area contributed by atoms with Gasteiger partial charge in [0.1, 0.15) is 0 Å². The number of nitro benzene ring substituents is 1. The van der Waals surface area contributed by atoms with E-state index >= 15 is 0 Å². The number of benzene rings is 2. The number of ketones is 1. The third-order valence-electron chi connectivity index (χ3n) is 2.65. The van der Waals surface area contributed by atoms with E-state index in [0.29, 0.717) is 5.56 Å². The van der Waals surface area contributed by atoms with Crippen LogP contribution < -0.4 is 4.74 Å². The summed E-state index contributed by atoms with van der Waals surface area (Å²) in [6.07, 6.45) is 0. The SMILES string of the molecule is O=C(COc1cc(Cl)c(Cl)cc1[N+](=O)[O-])c1ccccc1. The lowest BCUT2D eigenvalue weighted by atomic mass is 10.1. The third-order valence-corrected chi connectivity index (χ3v) is 3.38. The zero-order valence-corrected chi connectivity index (χ0v) is 12.1. The van der Waals surface area contributed by atoms with Crippen molar-refractivity contribution in [2.45, 2.75) is 0 Å². The predicted octanol–water partition coefficient (Wildman–Crippen LogP) is 4.16. The van der Waals surface area contributed by atoms with Crippen LogP contribution in [-0.2, 0) is 0 Å². The van der Waals surface area contributed by atoms with Gasteiger partial charge in [0.05, 0.1) is 15.0 Å². The van der Waals surface area contributed by atoms with Crippen molar-refractivity contribution in [3.05, 3.63) is 68.2 Å². The number of halogens is 2. The minimum Gasteiger partial charge on any atom is -0.478 e. The highest BCUT2D eigenvalue weighted by molar-refractivity contribution is 6.42. The number of rotatable bonds is 5. The monoisotopic (exact) mass is 325 g/mol. The van der Waals surface area contributed by atoms with E-state index in [2.05, 4.69) is 0 Å². The van der Waals surface area contributed by atoms with Crippen LogP contribution >= 0.6 is 23.2 Å². The molecule has 5 nitrogen and oxygen atoms in total. The molecule has 0 saturated carbocycles. The van der Waals surface area contributed by atoms with Crippen molar-refractivity contribution in [2.24, 2.45) is 0 Å². The fourth-order valence-electron chi connectivity index (χ4n) is 1.63. The number of Topliss-reactive ketones (excluding diaryl/α,β-unsaturated/α-hetero) is 1. The second kappa shape index (κ2) is 6.56. The van der Waals surface area contributed by atoms with E-state index in [4.69, 9.17) is 27.9 Å². The highest BCUT2D eigenvalue weighted by Crippen LogP contribution is 2.35. The van der Waals surface area contributed by atoms with Gasteiger partial charge in [-0.1, -0.05) is 53.5 Å².